The third kappa shape index (κ3) is 4.83. The number of rotatable bonds is 6. The zero-order valence-corrected chi connectivity index (χ0v) is 14.6. The maximum absolute atomic E-state index is 12.8. The van der Waals surface area contributed by atoms with Crippen LogP contribution in [0.5, 0.6) is 0 Å². The van der Waals surface area contributed by atoms with Crippen molar-refractivity contribution < 1.29 is 4.79 Å². The van der Waals surface area contributed by atoms with Crippen LogP contribution in [0, 0.1) is 5.92 Å². The van der Waals surface area contributed by atoms with Crippen molar-refractivity contribution in [3.05, 3.63) is 71.8 Å². The average molecular weight is 345 g/mol. The maximum Gasteiger partial charge on any atom is 0.232 e. The molecule has 0 radical (unpaired) electrons. The number of nitrogens with one attached hydrogen (secondary N) is 2. The summed E-state index contributed by atoms with van der Waals surface area (Å²) < 4.78 is 0. The van der Waals surface area contributed by atoms with Crippen molar-refractivity contribution in [3.8, 4) is 0 Å². The first-order chi connectivity index (χ1) is 11.3. The van der Waals surface area contributed by atoms with Crippen LogP contribution in [0.25, 0.3) is 0 Å². The van der Waals surface area contributed by atoms with E-state index in [2.05, 4.69) is 10.6 Å². The normalized spacial score (nSPS) is 16.6. The van der Waals surface area contributed by atoms with Crippen LogP contribution in [0.3, 0.4) is 0 Å². The minimum atomic E-state index is -0.237. The highest BCUT2D eigenvalue weighted by atomic mass is 35.5. The van der Waals surface area contributed by atoms with E-state index in [9.17, 15) is 4.79 Å². The molecular weight excluding hydrogens is 320 g/mol. The smallest absolute Gasteiger partial charge is 0.232 e. The van der Waals surface area contributed by atoms with Gasteiger partial charge in [-0.1, -0.05) is 60.7 Å². The van der Waals surface area contributed by atoms with Crippen LogP contribution in [0.1, 0.15) is 29.9 Å². The number of hydrogen-bond donors (Lipinski definition) is 2. The molecule has 2 N–H and O–H groups in total. The Balaban J connectivity index is 0.00000208. The highest BCUT2D eigenvalue weighted by Gasteiger charge is 2.22. The fourth-order valence-corrected chi connectivity index (χ4v) is 3.25. The fraction of sp³-hybridized carbons (Fsp3) is 0.350. The molecule has 0 spiro atoms. The molecule has 3 nitrogen and oxygen atoms in total. The summed E-state index contributed by atoms with van der Waals surface area (Å²) in [6, 6.07) is 20.0. The molecule has 1 heterocycles. The van der Waals surface area contributed by atoms with Crippen molar-refractivity contribution in [2.45, 2.75) is 18.8 Å². The lowest BCUT2D eigenvalue weighted by atomic mass is 9.90. The lowest BCUT2D eigenvalue weighted by Crippen LogP contribution is -2.31. The van der Waals surface area contributed by atoms with Crippen molar-refractivity contribution in [2.24, 2.45) is 5.92 Å². The van der Waals surface area contributed by atoms with Crippen molar-refractivity contribution >= 4 is 18.3 Å². The number of hydrogen-bond acceptors (Lipinski definition) is 2. The van der Waals surface area contributed by atoms with Crippen molar-refractivity contribution in [3.63, 3.8) is 0 Å². The van der Waals surface area contributed by atoms with Crippen molar-refractivity contribution in [1.82, 2.24) is 10.6 Å². The lowest BCUT2D eigenvalue weighted by molar-refractivity contribution is -0.121. The maximum atomic E-state index is 12.8. The molecule has 2 aromatic carbocycles. The lowest BCUT2D eigenvalue weighted by Gasteiger charge is -2.18. The molecule has 1 unspecified atom stereocenters. The number of carbonyl (C=O) groups excluding carboxylic acids is 1. The summed E-state index contributed by atoms with van der Waals surface area (Å²) in [6.07, 6.45) is 2.27. The van der Waals surface area contributed by atoms with Crippen molar-refractivity contribution in [1.29, 1.82) is 0 Å². The van der Waals surface area contributed by atoms with Gasteiger partial charge in [-0.15, -0.1) is 12.4 Å². The van der Waals surface area contributed by atoms with E-state index in [1.165, 1.54) is 6.42 Å². The van der Waals surface area contributed by atoms with E-state index < -0.39 is 0 Å². The standard InChI is InChI=1S/C20H24N2O.ClH/c23-20(22-14-12-16-11-13-21-15-16)19(17-7-3-1-4-8-17)18-9-5-2-6-10-18;/h1-10,16,19,21H,11-15H2,(H,22,23);1H. The minimum Gasteiger partial charge on any atom is -0.355 e. The van der Waals surface area contributed by atoms with Gasteiger partial charge in [0.2, 0.25) is 5.91 Å². The largest absolute Gasteiger partial charge is 0.355 e. The van der Waals surface area contributed by atoms with E-state index in [0.717, 1.165) is 37.2 Å². The van der Waals surface area contributed by atoms with E-state index in [-0.39, 0.29) is 24.2 Å². The van der Waals surface area contributed by atoms with Gasteiger partial charge < -0.3 is 10.6 Å². The van der Waals surface area contributed by atoms with Gasteiger partial charge >= 0.3 is 0 Å². The molecule has 0 saturated carbocycles. The summed E-state index contributed by atoms with van der Waals surface area (Å²) in [7, 11) is 0. The van der Waals surface area contributed by atoms with Gasteiger partial charge in [-0.2, -0.15) is 0 Å². The van der Waals surface area contributed by atoms with Gasteiger partial charge in [0.25, 0.3) is 0 Å². The highest BCUT2D eigenvalue weighted by molar-refractivity contribution is 5.87. The molecule has 1 aliphatic rings. The molecule has 2 aromatic rings. The Bertz CT molecular complexity index is 573. The molecule has 0 aliphatic carbocycles. The molecule has 3 rings (SSSR count). The summed E-state index contributed by atoms with van der Waals surface area (Å²) in [5.41, 5.74) is 2.08. The Morgan fingerprint density at radius 3 is 2.12 bits per heavy atom. The topological polar surface area (TPSA) is 41.1 Å². The molecule has 1 atom stereocenters. The second-order valence-electron chi connectivity index (χ2n) is 6.19. The fourth-order valence-electron chi connectivity index (χ4n) is 3.25. The Morgan fingerprint density at radius 2 is 1.62 bits per heavy atom. The highest BCUT2D eigenvalue weighted by Crippen LogP contribution is 2.24. The van der Waals surface area contributed by atoms with Gasteiger partial charge in [-0.05, 0) is 43.0 Å². The molecular formula is C20H25ClN2O. The van der Waals surface area contributed by atoms with Gasteiger partial charge in [-0.3, -0.25) is 4.79 Å². The van der Waals surface area contributed by atoms with Crippen LogP contribution in [-0.4, -0.2) is 25.5 Å². The van der Waals surface area contributed by atoms with Crippen LogP contribution in [-0.2, 0) is 4.79 Å². The zero-order chi connectivity index (χ0) is 15.9. The predicted molar refractivity (Wildman–Crippen MR) is 101 cm³/mol. The van der Waals surface area contributed by atoms with Crippen LogP contribution >= 0.6 is 12.4 Å². The van der Waals surface area contributed by atoms with Gasteiger partial charge in [0.05, 0.1) is 5.92 Å². The quantitative estimate of drug-likeness (QED) is 0.843. The van der Waals surface area contributed by atoms with E-state index in [1.54, 1.807) is 0 Å². The molecule has 1 fully saturated rings. The SMILES string of the molecule is Cl.O=C(NCCC1CCNC1)C(c1ccccc1)c1ccccc1. The second-order valence-corrected chi connectivity index (χ2v) is 6.19. The monoisotopic (exact) mass is 344 g/mol. The Morgan fingerprint density at radius 1 is 1.04 bits per heavy atom. The first kappa shape index (κ1) is 18.5. The van der Waals surface area contributed by atoms with Gasteiger partial charge in [0, 0.05) is 6.54 Å². The number of amides is 1. The molecule has 0 bridgehead atoms. The summed E-state index contributed by atoms with van der Waals surface area (Å²) in [4.78, 5) is 12.8. The predicted octanol–water partition coefficient (Wildman–Crippen LogP) is 3.36. The molecule has 1 aliphatic heterocycles. The molecule has 0 aromatic heterocycles. The van der Waals surface area contributed by atoms with Gasteiger partial charge in [-0.25, -0.2) is 0 Å². The Kier molecular flexibility index (Phi) is 7.29. The Hall–Kier alpha value is -1.84. The third-order valence-corrected chi connectivity index (χ3v) is 4.54. The summed E-state index contributed by atoms with van der Waals surface area (Å²) in [5, 5.41) is 6.51. The van der Waals surface area contributed by atoms with Crippen LogP contribution < -0.4 is 10.6 Å². The number of carbonyl (C=O) groups is 1. The Labute approximate surface area is 150 Å². The third-order valence-electron chi connectivity index (χ3n) is 4.54. The zero-order valence-electron chi connectivity index (χ0n) is 13.8. The summed E-state index contributed by atoms with van der Waals surface area (Å²) in [5.74, 6) is 0.551. The summed E-state index contributed by atoms with van der Waals surface area (Å²) in [6.45, 7) is 2.94. The van der Waals surface area contributed by atoms with Gasteiger partial charge in [0.15, 0.2) is 0 Å². The molecule has 1 amide bonds. The molecule has 1 saturated heterocycles. The molecule has 4 heteroatoms. The molecule has 128 valence electrons. The van der Waals surface area contributed by atoms with Crippen molar-refractivity contribution in [2.75, 3.05) is 19.6 Å². The second kappa shape index (κ2) is 9.45. The first-order valence-corrected chi connectivity index (χ1v) is 8.43. The average Bonchev–Trinajstić information content (AvgIpc) is 3.10. The number of benzene rings is 2. The number of halogens is 1. The first-order valence-electron chi connectivity index (χ1n) is 8.43. The minimum absolute atomic E-state index is 0. The van der Waals surface area contributed by atoms with Crippen LogP contribution in [0.15, 0.2) is 60.7 Å². The molecule has 24 heavy (non-hydrogen) atoms. The van der Waals surface area contributed by atoms with E-state index in [4.69, 9.17) is 0 Å². The van der Waals surface area contributed by atoms with Crippen LogP contribution in [0.4, 0.5) is 0 Å². The van der Waals surface area contributed by atoms with E-state index in [1.807, 2.05) is 60.7 Å². The van der Waals surface area contributed by atoms with Crippen LogP contribution in [0.2, 0.25) is 0 Å². The summed E-state index contributed by atoms with van der Waals surface area (Å²) >= 11 is 0. The van der Waals surface area contributed by atoms with E-state index >= 15 is 0 Å². The van der Waals surface area contributed by atoms with Gasteiger partial charge in [0.1, 0.15) is 0 Å². The van der Waals surface area contributed by atoms with E-state index in [0.29, 0.717) is 5.92 Å².